The van der Waals surface area contributed by atoms with E-state index in [2.05, 4.69) is 21.8 Å². The SMILES string of the molecule is CN(Cc1ccccc1N1CCCC1)C(=O)Cc1ccc(NS(=O)(=O)c2cccs2)cc1. The number of thiophene rings is 1. The lowest BCUT2D eigenvalue weighted by Crippen LogP contribution is -2.29. The van der Waals surface area contributed by atoms with Gasteiger partial charge < -0.3 is 9.80 Å². The van der Waals surface area contributed by atoms with Gasteiger partial charge in [-0.15, -0.1) is 11.3 Å². The van der Waals surface area contributed by atoms with E-state index < -0.39 is 10.0 Å². The highest BCUT2D eigenvalue weighted by Gasteiger charge is 2.18. The first-order valence-corrected chi connectivity index (χ1v) is 13.0. The molecule has 3 aromatic rings. The van der Waals surface area contributed by atoms with Gasteiger partial charge >= 0.3 is 0 Å². The van der Waals surface area contributed by atoms with Gasteiger partial charge in [0.05, 0.1) is 6.42 Å². The summed E-state index contributed by atoms with van der Waals surface area (Å²) < 4.78 is 27.5. The number of anilines is 2. The van der Waals surface area contributed by atoms with Gasteiger partial charge in [0, 0.05) is 38.1 Å². The number of hydrogen-bond acceptors (Lipinski definition) is 5. The molecule has 1 aliphatic heterocycles. The van der Waals surface area contributed by atoms with Crippen LogP contribution in [0.4, 0.5) is 11.4 Å². The molecule has 4 rings (SSSR count). The van der Waals surface area contributed by atoms with Gasteiger partial charge in [-0.1, -0.05) is 36.4 Å². The van der Waals surface area contributed by atoms with Gasteiger partial charge in [0.15, 0.2) is 0 Å². The quantitative estimate of drug-likeness (QED) is 0.533. The monoisotopic (exact) mass is 469 g/mol. The van der Waals surface area contributed by atoms with E-state index in [1.165, 1.54) is 29.9 Å². The molecule has 2 heterocycles. The second-order valence-electron chi connectivity index (χ2n) is 7.98. The Morgan fingerprint density at radius 3 is 2.44 bits per heavy atom. The second-order valence-corrected chi connectivity index (χ2v) is 10.8. The maximum absolute atomic E-state index is 12.8. The minimum atomic E-state index is -3.58. The van der Waals surface area contributed by atoms with Crippen molar-refractivity contribution in [3.63, 3.8) is 0 Å². The maximum Gasteiger partial charge on any atom is 0.271 e. The average Bonchev–Trinajstić information content (AvgIpc) is 3.50. The molecule has 0 atom stereocenters. The number of amides is 1. The highest BCUT2D eigenvalue weighted by atomic mass is 32.2. The summed E-state index contributed by atoms with van der Waals surface area (Å²) in [5, 5.41) is 1.73. The lowest BCUT2D eigenvalue weighted by Gasteiger charge is -2.24. The van der Waals surface area contributed by atoms with Crippen molar-refractivity contribution in [2.45, 2.75) is 30.0 Å². The summed E-state index contributed by atoms with van der Waals surface area (Å²) in [7, 11) is -1.75. The zero-order chi connectivity index (χ0) is 22.6. The number of rotatable bonds is 8. The lowest BCUT2D eigenvalue weighted by atomic mass is 10.1. The average molecular weight is 470 g/mol. The molecule has 1 N–H and O–H groups in total. The molecular weight excluding hydrogens is 442 g/mol. The molecule has 0 unspecified atom stereocenters. The Morgan fingerprint density at radius 1 is 1.03 bits per heavy atom. The van der Waals surface area contributed by atoms with E-state index in [-0.39, 0.29) is 16.5 Å². The third kappa shape index (κ3) is 5.31. The standard InChI is InChI=1S/C24H27N3O3S2/c1-26(18-20-7-2-3-8-22(20)27-14-4-5-15-27)23(28)17-19-10-12-21(13-11-19)25-32(29,30)24-9-6-16-31-24/h2-3,6-13,16,25H,4-5,14-15,17-18H2,1H3. The van der Waals surface area contributed by atoms with Crippen LogP contribution in [-0.2, 0) is 27.8 Å². The number of likely N-dealkylation sites (N-methyl/N-ethyl adjacent to an activating group) is 1. The van der Waals surface area contributed by atoms with Crippen LogP contribution in [0.3, 0.4) is 0 Å². The summed E-state index contributed by atoms with van der Waals surface area (Å²) in [6.45, 7) is 2.69. The molecule has 2 aromatic carbocycles. The first-order chi connectivity index (χ1) is 15.4. The summed E-state index contributed by atoms with van der Waals surface area (Å²) >= 11 is 1.17. The number of benzene rings is 2. The number of carbonyl (C=O) groups excluding carboxylic acids is 1. The number of sulfonamides is 1. The van der Waals surface area contributed by atoms with E-state index in [4.69, 9.17) is 0 Å². The van der Waals surface area contributed by atoms with Gasteiger partial charge in [-0.05, 0) is 53.6 Å². The third-order valence-electron chi connectivity index (χ3n) is 5.59. The van der Waals surface area contributed by atoms with Gasteiger partial charge in [-0.25, -0.2) is 8.42 Å². The van der Waals surface area contributed by atoms with Crippen molar-refractivity contribution in [2.24, 2.45) is 0 Å². The van der Waals surface area contributed by atoms with Crippen molar-refractivity contribution in [3.8, 4) is 0 Å². The van der Waals surface area contributed by atoms with Crippen molar-refractivity contribution < 1.29 is 13.2 Å². The molecule has 8 heteroatoms. The van der Waals surface area contributed by atoms with Crippen LogP contribution in [0.15, 0.2) is 70.3 Å². The molecule has 0 bridgehead atoms. The summed E-state index contributed by atoms with van der Waals surface area (Å²) in [6.07, 6.45) is 2.69. The number of para-hydroxylation sites is 1. The largest absolute Gasteiger partial charge is 0.371 e. The Bertz CT molecular complexity index is 1150. The van der Waals surface area contributed by atoms with Gasteiger partial charge in [-0.2, -0.15) is 0 Å². The van der Waals surface area contributed by atoms with Gasteiger partial charge in [-0.3, -0.25) is 9.52 Å². The number of nitrogens with zero attached hydrogens (tertiary/aromatic N) is 2. The fraction of sp³-hybridized carbons (Fsp3) is 0.292. The molecule has 0 saturated carbocycles. The van der Waals surface area contributed by atoms with E-state index in [0.29, 0.717) is 12.2 Å². The Hall–Kier alpha value is -2.84. The Morgan fingerprint density at radius 2 is 1.75 bits per heavy atom. The minimum absolute atomic E-state index is 0.0214. The maximum atomic E-state index is 12.8. The van der Waals surface area contributed by atoms with Crippen LogP contribution >= 0.6 is 11.3 Å². The molecule has 1 amide bonds. The van der Waals surface area contributed by atoms with Crippen molar-refractivity contribution in [2.75, 3.05) is 29.8 Å². The molecule has 6 nitrogen and oxygen atoms in total. The van der Waals surface area contributed by atoms with Crippen LogP contribution in [0.5, 0.6) is 0 Å². The van der Waals surface area contributed by atoms with Gasteiger partial charge in [0.1, 0.15) is 4.21 Å². The molecule has 1 aromatic heterocycles. The predicted molar refractivity (Wildman–Crippen MR) is 130 cm³/mol. The summed E-state index contributed by atoms with van der Waals surface area (Å²) in [4.78, 5) is 17.0. The Kier molecular flexibility index (Phi) is 6.81. The van der Waals surface area contributed by atoms with Crippen LogP contribution < -0.4 is 9.62 Å². The molecule has 0 radical (unpaired) electrons. The number of carbonyl (C=O) groups is 1. The minimum Gasteiger partial charge on any atom is -0.371 e. The van der Waals surface area contributed by atoms with E-state index in [1.54, 1.807) is 46.7 Å². The van der Waals surface area contributed by atoms with E-state index in [9.17, 15) is 13.2 Å². The first kappa shape index (κ1) is 22.4. The van der Waals surface area contributed by atoms with Crippen LogP contribution in [0.25, 0.3) is 0 Å². The summed E-state index contributed by atoms with van der Waals surface area (Å²) in [5.41, 5.74) is 3.69. The molecule has 0 aliphatic carbocycles. The highest BCUT2D eigenvalue weighted by Crippen LogP contribution is 2.26. The van der Waals surface area contributed by atoms with Crippen molar-refractivity contribution >= 4 is 38.6 Å². The van der Waals surface area contributed by atoms with Crippen LogP contribution in [0, 0.1) is 0 Å². The summed E-state index contributed by atoms with van der Waals surface area (Å²) in [6, 6.07) is 18.5. The molecule has 168 valence electrons. The van der Waals surface area contributed by atoms with E-state index in [1.807, 2.05) is 19.2 Å². The first-order valence-electron chi connectivity index (χ1n) is 10.6. The predicted octanol–water partition coefficient (Wildman–Crippen LogP) is 4.35. The van der Waals surface area contributed by atoms with Crippen molar-refractivity contribution in [1.82, 2.24) is 4.90 Å². The van der Waals surface area contributed by atoms with E-state index in [0.717, 1.165) is 24.2 Å². The molecule has 1 aliphatic rings. The van der Waals surface area contributed by atoms with Gasteiger partial charge in [0.25, 0.3) is 10.0 Å². The molecule has 1 saturated heterocycles. The molecule has 0 spiro atoms. The van der Waals surface area contributed by atoms with Crippen LogP contribution in [0.1, 0.15) is 24.0 Å². The second kappa shape index (κ2) is 9.75. The Labute approximate surface area is 193 Å². The Balaban J connectivity index is 1.37. The zero-order valence-electron chi connectivity index (χ0n) is 18.0. The lowest BCUT2D eigenvalue weighted by molar-refractivity contribution is -0.129. The van der Waals surface area contributed by atoms with Crippen LogP contribution in [-0.4, -0.2) is 39.4 Å². The highest BCUT2D eigenvalue weighted by molar-refractivity contribution is 7.94. The topological polar surface area (TPSA) is 69.7 Å². The van der Waals surface area contributed by atoms with Gasteiger partial charge in [0.2, 0.25) is 5.91 Å². The van der Waals surface area contributed by atoms with Crippen LogP contribution in [0.2, 0.25) is 0 Å². The summed E-state index contributed by atoms with van der Waals surface area (Å²) in [5.74, 6) is 0.0214. The van der Waals surface area contributed by atoms with E-state index >= 15 is 0 Å². The number of nitrogens with one attached hydrogen (secondary N) is 1. The fourth-order valence-corrected chi connectivity index (χ4v) is 5.93. The molecule has 1 fully saturated rings. The molecular formula is C24H27N3O3S2. The third-order valence-corrected chi connectivity index (χ3v) is 8.37. The molecule has 32 heavy (non-hydrogen) atoms. The number of hydrogen-bond donors (Lipinski definition) is 1. The van der Waals surface area contributed by atoms with Crippen molar-refractivity contribution in [3.05, 3.63) is 77.2 Å². The smallest absolute Gasteiger partial charge is 0.271 e. The fourth-order valence-electron chi connectivity index (χ4n) is 3.88. The van der Waals surface area contributed by atoms with Crippen molar-refractivity contribution in [1.29, 1.82) is 0 Å². The zero-order valence-corrected chi connectivity index (χ0v) is 19.7. The normalized spacial score (nSPS) is 13.8.